The first-order valence-corrected chi connectivity index (χ1v) is 18.6. The quantitative estimate of drug-likeness (QED) is 0.157. The van der Waals surface area contributed by atoms with E-state index in [2.05, 4.69) is 9.80 Å². The fourth-order valence-electron chi connectivity index (χ4n) is 6.97. The van der Waals surface area contributed by atoms with Gasteiger partial charge in [-0.3, -0.25) is 9.69 Å². The first-order chi connectivity index (χ1) is 22.1. The van der Waals surface area contributed by atoms with E-state index in [9.17, 15) is 9.18 Å². The number of carbonyl (C=O) groups excluding carboxylic acids is 1. The van der Waals surface area contributed by atoms with Crippen LogP contribution in [0.4, 0.5) is 4.39 Å². The molecule has 0 spiro atoms. The van der Waals surface area contributed by atoms with Gasteiger partial charge in [0.05, 0.1) is 5.71 Å². The first-order valence-electron chi connectivity index (χ1n) is 15.9. The molecular formula is C34H40Cl7FN4O. The van der Waals surface area contributed by atoms with E-state index in [4.69, 9.17) is 92.0 Å². The molecular weight excluding hydrogens is 748 g/mol. The molecule has 0 aromatic heterocycles. The van der Waals surface area contributed by atoms with E-state index in [1.54, 1.807) is 18.2 Å². The van der Waals surface area contributed by atoms with Crippen molar-refractivity contribution in [3.05, 3.63) is 69.5 Å². The minimum atomic E-state index is -1.94. The molecule has 13 heteroatoms. The lowest BCUT2D eigenvalue weighted by Gasteiger charge is -2.42. The standard InChI is InChI=1S/C34H40Cl7FN4O/c35-28-8-4-9-29(42)25(28)21-31(47)30(44)22-32(12-5-14-43,23-10-11-26(33(36,37)38)27(20-23)34(39,40)41)13-15-45-16-18-46(19-17-45)24-6-2-1-3-7-24/h4,8-11,14,20,24,43-44H,1-3,5-7,12-13,15-19,21-22H2/t32-/m0/s1. The Balaban J connectivity index is 1.66. The molecule has 1 saturated heterocycles. The highest BCUT2D eigenvalue weighted by molar-refractivity contribution is 6.69. The minimum Gasteiger partial charge on any atom is -0.313 e. The van der Waals surface area contributed by atoms with E-state index < -0.39 is 24.6 Å². The molecule has 2 fully saturated rings. The smallest absolute Gasteiger partial charge is 0.216 e. The maximum Gasteiger partial charge on any atom is 0.216 e. The number of rotatable bonds is 13. The van der Waals surface area contributed by atoms with Gasteiger partial charge in [0, 0.05) is 72.2 Å². The average Bonchev–Trinajstić information content (AvgIpc) is 3.03. The molecule has 0 radical (unpaired) electrons. The molecule has 1 atom stereocenters. The SMILES string of the molecule is N=CCC[C@](CCN1CCN(C2CCCCC2)CC1)(CC(=N)C(=O)Cc1c(F)cccc1Cl)c1ccc(C(Cl)(Cl)Cl)c(C(Cl)(Cl)Cl)c1. The summed E-state index contributed by atoms with van der Waals surface area (Å²) in [6.07, 6.45) is 8.77. The number of hydrogen-bond acceptors (Lipinski definition) is 5. The van der Waals surface area contributed by atoms with Crippen LogP contribution in [-0.2, 0) is 24.2 Å². The molecule has 0 amide bonds. The van der Waals surface area contributed by atoms with Gasteiger partial charge in [-0.2, -0.15) is 0 Å². The number of alkyl halides is 6. The van der Waals surface area contributed by atoms with Crippen molar-refractivity contribution < 1.29 is 9.18 Å². The summed E-state index contributed by atoms with van der Waals surface area (Å²) in [5.74, 6) is -1.15. The van der Waals surface area contributed by atoms with Crippen LogP contribution < -0.4 is 0 Å². The predicted octanol–water partition coefficient (Wildman–Crippen LogP) is 10.4. The molecule has 47 heavy (non-hydrogen) atoms. The fourth-order valence-corrected chi connectivity index (χ4v) is 8.17. The normalized spacial score (nSPS) is 18.6. The van der Waals surface area contributed by atoms with Crippen molar-refractivity contribution in [3.63, 3.8) is 0 Å². The lowest BCUT2D eigenvalue weighted by atomic mass is 9.69. The second-order valence-corrected chi connectivity index (χ2v) is 17.6. The third-order valence-corrected chi connectivity index (χ3v) is 11.2. The van der Waals surface area contributed by atoms with Crippen LogP contribution in [-0.4, -0.2) is 66.3 Å². The Morgan fingerprint density at radius 3 is 2.17 bits per heavy atom. The van der Waals surface area contributed by atoms with Gasteiger partial charge in [0.15, 0.2) is 5.78 Å². The largest absolute Gasteiger partial charge is 0.313 e. The van der Waals surface area contributed by atoms with Gasteiger partial charge in [0.25, 0.3) is 0 Å². The highest BCUT2D eigenvalue weighted by atomic mass is 35.6. The predicted molar refractivity (Wildman–Crippen MR) is 197 cm³/mol. The van der Waals surface area contributed by atoms with Gasteiger partial charge in [-0.15, -0.1) is 0 Å². The zero-order valence-corrected chi connectivity index (χ0v) is 31.3. The van der Waals surface area contributed by atoms with Gasteiger partial charge in [0.1, 0.15) is 5.82 Å². The van der Waals surface area contributed by atoms with Crippen molar-refractivity contribution in [2.24, 2.45) is 0 Å². The Hall–Kier alpha value is -0.670. The molecule has 1 heterocycles. The summed E-state index contributed by atoms with van der Waals surface area (Å²) < 4.78 is 10.8. The van der Waals surface area contributed by atoms with E-state index in [1.807, 2.05) is 0 Å². The van der Waals surface area contributed by atoms with Crippen molar-refractivity contribution in [2.45, 2.75) is 83.3 Å². The second-order valence-electron chi connectivity index (χ2n) is 12.7. The van der Waals surface area contributed by atoms with E-state index in [1.165, 1.54) is 56.5 Å². The number of nitrogens with zero attached hydrogens (tertiary/aromatic N) is 2. The summed E-state index contributed by atoms with van der Waals surface area (Å²) >= 11 is 44.3. The summed E-state index contributed by atoms with van der Waals surface area (Å²) in [4.78, 5) is 18.5. The number of benzene rings is 2. The van der Waals surface area contributed by atoms with Crippen LogP contribution in [0.25, 0.3) is 0 Å². The number of nitrogens with one attached hydrogen (secondary N) is 2. The van der Waals surface area contributed by atoms with Gasteiger partial charge >= 0.3 is 0 Å². The number of Topliss-reactive ketones (excluding diaryl/α,β-unsaturated/α-hetero) is 1. The van der Waals surface area contributed by atoms with E-state index in [0.29, 0.717) is 37.4 Å². The van der Waals surface area contributed by atoms with Crippen LogP contribution in [0.5, 0.6) is 0 Å². The highest BCUT2D eigenvalue weighted by Gasteiger charge is 2.40. The molecule has 5 nitrogen and oxygen atoms in total. The van der Waals surface area contributed by atoms with E-state index >= 15 is 0 Å². The molecule has 2 N–H and O–H groups in total. The monoisotopic (exact) mass is 784 g/mol. The fraction of sp³-hybridized carbons (Fsp3) is 0.559. The van der Waals surface area contributed by atoms with Gasteiger partial charge < -0.3 is 15.7 Å². The van der Waals surface area contributed by atoms with Gasteiger partial charge in [0.2, 0.25) is 7.59 Å². The molecule has 258 valence electrons. The van der Waals surface area contributed by atoms with Crippen LogP contribution >= 0.6 is 81.2 Å². The number of halogens is 8. The summed E-state index contributed by atoms with van der Waals surface area (Å²) in [5.41, 5.74) is 0.108. The summed E-state index contributed by atoms with van der Waals surface area (Å²) in [5, 5.41) is 17.0. The minimum absolute atomic E-state index is 0.0141. The molecule has 2 aromatic carbocycles. The molecule has 0 unspecified atom stereocenters. The Bertz CT molecular complexity index is 1400. The Kier molecular flexibility index (Phi) is 14.2. The third kappa shape index (κ3) is 10.4. The molecule has 0 bridgehead atoms. The third-order valence-electron chi connectivity index (χ3n) is 9.67. The van der Waals surface area contributed by atoms with Gasteiger partial charge in [-0.05, 0) is 62.6 Å². The van der Waals surface area contributed by atoms with Crippen LogP contribution in [0.3, 0.4) is 0 Å². The summed E-state index contributed by atoms with van der Waals surface area (Å²) in [6.45, 7) is 4.48. The first kappa shape index (κ1) is 39.1. The van der Waals surface area contributed by atoms with E-state index in [0.717, 1.165) is 26.2 Å². The van der Waals surface area contributed by atoms with Crippen molar-refractivity contribution in [2.75, 3.05) is 32.7 Å². The van der Waals surface area contributed by atoms with Crippen molar-refractivity contribution in [1.82, 2.24) is 9.80 Å². The maximum atomic E-state index is 14.6. The number of carbonyl (C=O) groups is 1. The maximum absolute atomic E-state index is 14.6. The van der Waals surface area contributed by atoms with Crippen LogP contribution in [0.15, 0.2) is 36.4 Å². The number of ketones is 1. The van der Waals surface area contributed by atoms with Crippen LogP contribution in [0.2, 0.25) is 5.02 Å². The summed E-state index contributed by atoms with van der Waals surface area (Å²) in [7, 11) is 0. The lowest BCUT2D eigenvalue weighted by molar-refractivity contribution is -0.112. The molecule has 1 aliphatic heterocycles. The van der Waals surface area contributed by atoms with Crippen LogP contribution in [0, 0.1) is 16.6 Å². The van der Waals surface area contributed by atoms with Gasteiger partial charge in [-0.1, -0.05) is 125 Å². The van der Waals surface area contributed by atoms with Crippen molar-refractivity contribution >= 4 is 98.9 Å². The van der Waals surface area contributed by atoms with Gasteiger partial charge in [-0.25, -0.2) is 4.39 Å². The molecule has 1 saturated carbocycles. The molecule has 1 aliphatic carbocycles. The lowest BCUT2D eigenvalue weighted by Crippen LogP contribution is -2.51. The van der Waals surface area contributed by atoms with Crippen molar-refractivity contribution in [1.29, 1.82) is 10.8 Å². The van der Waals surface area contributed by atoms with Crippen LogP contribution in [0.1, 0.15) is 80.0 Å². The zero-order chi connectivity index (χ0) is 34.4. The average molecular weight is 788 g/mol. The number of piperazine rings is 1. The molecule has 2 aromatic rings. The van der Waals surface area contributed by atoms with E-state index in [-0.39, 0.29) is 40.3 Å². The number of hydrogen-bond donors (Lipinski definition) is 2. The Morgan fingerprint density at radius 2 is 1.57 bits per heavy atom. The Morgan fingerprint density at radius 1 is 0.915 bits per heavy atom. The zero-order valence-electron chi connectivity index (χ0n) is 26.1. The molecule has 4 rings (SSSR count). The second kappa shape index (κ2) is 17.0. The van der Waals surface area contributed by atoms with Crippen molar-refractivity contribution in [3.8, 4) is 0 Å². The highest BCUT2D eigenvalue weighted by Crippen LogP contribution is 2.50. The summed E-state index contributed by atoms with van der Waals surface area (Å²) in [6, 6.07) is 9.95. The topological polar surface area (TPSA) is 71.2 Å². The molecule has 2 aliphatic rings. The Labute approximate surface area is 312 Å².